The van der Waals surface area contributed by atoms with E-state index in [0.717, 1.165) is 39.8 Å². The van der Waals surface area contributed by atoms with E-state index in [1.165, 1.54) is 11.1 Å². The average molecular weight is 284 g/mol. The third-order valence-corrected chi connectivity index (χ3v) is 4.40. The van der Waals surface area contributed by atoms with E-state index in [-0.39, 0.29) is 5.78 Å². The van der Waals surface area contributed by atoms with Crippen LogP contribution in [0.5, 0.6) is 0 Å². The second-order valence-corrected chi connectivity index (χ2v) is 5.90. The van der Waals surface area contributed by atoms with Crippen LogP contribution in [-0.4, -0.2) is 5.78 Å². The number of ketones is 1. The van der Waals surface area contributed by atoms with E-state index in [4.69, 9.17) is 0 Å². The third kappa shape index (κ3) is 1.69. The molecule has 106 valence electrons. The molecule has 0 fully saturated rings. The van der Waals surface area contributed by atoms with Gasteiger partial charge in [0.2, 0.25) is 0 Å². The van der Waals surface area contributed by atoms with Crippen molar-refractivity contribution in [2.75, 3.05) is 0 Å². The number of fused-ring (bicyclic) bond motifs is 3. The standard InChI is InChI=1S/C21H16O/c1-13(2)18-17-12-15-10-6-7-11-16(15)20(17)19(21(18)22)14-8-4-3-5-9-14/h3-9,11-12H,1,10H2,2H3. The number of hydrogen-bond acceptors (Lipinski definition) is 1. The third-order valence-electron chi connectivity index (χ3n) is 4.40. The van der Waals surface area contributed by atoms with Crippen LogP contribution < -0.4 is 0 Å². The second kappa shape index (κ2) is 4.67. The molecule has 0 amide bonds. The van der Waals surface area contributed by atoms with Crippen molar-refractivity contribution in [2.24, 2.45) is 0 Å². The summed E-state index contributed by atoms with van der Waals surface area (Å²) < 4.78 is 0. The maximum Gasteiger partial charge on any atom is 0.195 e. The Hall–Kier alpha value is -2.67. The van der Waals surface area contributed by atoms with Crippen molar-refractivity contribution in [1.29, 1.82) is 0 Å². The molecule has 0 atom stereocenters. The molecule has 0 unspecified atom stereocenters. The van der Waals surface area contributed by atoms with Crippen molar-refractivity contribution >= 4 is 11.4 Å². The first kappa shape index (κ1) is 13.0. The Morgan fingerprint density at radius 2 is 1.91 bits per heavy atom. The molecular formula is C21H16O. The normalized spacial score (nSPS) is 19.2. The Labute approximate surface area is 130 Å². The minimum Gasteiger partial charge on any atom is -0.289 e. The van der Waals surface area contributed by atoms with E-state index in [1.807, 2.05) is 37.3 Å². The summed E-state index contributed by atoms with van der Waals surface area (Å²) in [6, 6.07) is 9.95. The largest absolute Gasteiger partial charge is 0.289 e. The van der Waals surface area contributed by atoms with Crippen LogP contribution in [0.3, 0.4) is 0 Å². The van der Waals surface area contributed by atoms with Crippen molar-refractivity contribution in [2.45, 2.75) is 13.3 Å². The van der Waals surface area contributed by atoms with E-state index in [2.05, 4.69) is 30.9 Å². The van der Waals surface area contributed by atoms with Crippen LogP contribution in [0.1, 0.15) is 18.9 Å². The summed E-state index contributed by atoms with van der Waals surface area (Å²) in [5.74, 6) is 0.106. The average Bonchev–Trinajstić information content (AvgIpc) is 3.01. The summed E-state index contributed by atoms with van der Waals surface area (Å²) in [4.78, 5) is 13.0. The van der Waals surface area contributed by atoms with Gasteiger partial charge in [0.1, 0.15) is 0 Å². The van der Waals surface area contributed by atoms with Crippen LogP contribution in [0, 0.1) is 0 Å². The van der Waals surface area contributed by atoms with E-state index >= 15 is 0 Å². The molecule has 4 rings (SSSR count). The van der Waals surface area contributed by atoms with Gasteiger partial charge in [-0.3, -0.25) is 4.79 Å². The summed E-state index contributed by atoms with van der Waals surface area (Å²) in [5, 5.41) is 0. The Balaban J connectivity index is 2.02. The Bertz CT molecular complexity index is 868. The van der Waals surface area contributed by atoms with Crippen molar-refractivity contribution < 1.29 is 4.79 Å². The summed E-state index contributed by atoms with van der Waals surface area (Å²) in [6.45, 7) is 5.94. The van der Waals surface area contributed by atoms with Crippen LogP contribution in [0.15, 0.2) is 94.7 Å². The number of rotatable bonds is 2. The van der Waals surface area contributed by atoms with Gasteiger partial charge in [0.05, 0.1) is 0 Å². The van der Waals surface area contributed by atoms with Gasteiger partial charge in [-0.25, -0.2) is 0 Å². The number of Topliss-reactive ketones (excluding diaryl/α,β-unsaturated/α-hetero) is 1. The number of carbonyl (C=O) groups excluding carboxylic acids is 1. The Kier molecular flexibility index (Phi) is 2.77. The van der Waals surface area contributed by atoms with Crippen molar-refractivity contribution in [3.8, 4) is 0 Å². The van der Waals surface area contributed by atoms with E-state index < -0.39 is 0 Å². The zero-order chi connectivity index (χ0) is 15.3. The lowest BCUT2D eigenvalue weighted by Crippen LogP contribution is -2.04. The van der Waals surface area contributed by atoms with Gasteiger partial charge in [0.25, 0.3) is 0 Å². The molecule has 22 heavy (non-hydrogen) atoms. The van der Waals surface area contributed by atoms with Gasteiger partial charge >= 0.3 is 0 Å². The highest BCUT2D eigenvalue weighted by molar-refractivity contribution is 6.36. The molecular weight excluding hydrogens is 268 g/mol. The van der Waals surface area contributed by atoms with Gasteiger partial charge in [0, 0.05) is 16.7 Å². The highest BCUT2D eigenvalue weighted by Crippen LogP contribution is 2.49. The van der Waals surface area contributed by atoms with Crippen LogP contribution in [0.4, 0.5) is 0 Å². The molecule has 0 N–H and O–H groups in total. The monoisotopic (exact) mass is 284 g/mol. The molecule has 0 saturated carbocycles. The molecule has 1 aromatic carbocycles. The van der Waals surface area contributed by atoms with Gasteiger partial charge in [-0.2, -0.15) is 0 Å². The molecule has 0 aromatic heterocycles. The number of benzene rings is 1. The lowest BCUT2D eigenvalue weighted by atomic mass is 9.91. The Morgan fingerprint density at radius 1 is 1.14 bits per heavy atom. The fourth-order valence-corrected chi connectivity index (χ4v) is 3.48. The van der Waals surface area contributed by atoms with Gasteiger partial charge in [-0.1, -0.05) is 55.1 Å². The van der Waals surface area contributed by atoms with E-state index in [1.54, 1.807) is 0 Å². The predicted molar refractivity (Wildman–Crippen MR) is 90.1 cm³/mol. The fraction of sp³-hybridized carbons (Fsp3) is 0.0952. The van der Waals surface area contributed by atoms with Gasteiger partial charge in [-0.05, 0) is 47.3 Å². The Morgan fingerprint density at radius 3 is 2.64 bits per heavy atom. The van der Waals surface area contributed by atoms with Crippen LogP contribution >= 0.6 is 0 Å². The maximum absolute atomic E-state index is 13.0. The molecule has 1 aromatic rings. The summed E-state index contributed by atoms with van der Waals surface area (Å²) >= 11 is 0. The molecule has 3 aliphatic carbocycles. The SMILES string of the molecule is C=C(C)C1=C2C=C3CC=CC=C3C2=C(c2ccccc2)C1=O. The minimum atomic E-state index is 0.106. The molecule has 0 heterocycles. The number of carbonyl (C=O) groups is 1. The van der Waals surface area contributed by atoms with E-state index in [9.17, 15) is 4.79 Å². The van der Waals surface area contributed by atoms with Crippen LogP contribution in [0.25, 0.3) is 5.57 Å². The number of hydrogen-bond donors (Lipinski definition) is 0. The smallest absolute Gasteiger partial charge is 0.195 e. The topological polar surface area (TPSA) is 17.1 Å². The van der Waals surface area contributed by atoms with Crippen LogP contribution in [0.2, 0.25) is 0 Å². The number of allylic oxidation sites excluding steroid dienone is 11. The molecule has 0 aliphatic heterocycles. The zero-order valence-corrected chi connectivity index (χ0v) is 12.5. The van der Waals surface area contributed by atoms with Crippen LogP contribution in [-0.2, 0) is 4.79 Å². The highest BCUT2D eigenvalue weighted by Gasteiger charge is 2.38. The lowest BCUT2D eigenvalue weighted by molar-refractivity contribution is -0.110. The quantitative estimate of drug-likeness (QED) is 0.768. The summed E-state index contributed by atoms with van der Waals surface area (Å²) in [7, 11) is 0. The molecule has 0 radical (unpaired) electrons. The maximum atomic E-state index is 13.0. The van der Waals surface area contributed by atoms with E-state index in [0.29, 0.717) is 0 Å². The second-order valence-electron chi connectivity index (χ2n) is 5.90. The fourth-order valence-electron chi connectivity index (χ4n) is 3.48. The molecule has 1 nitrogen and oxygen atoms in total. The van der Waals surface area contributed by atoms with Crippen molar-refractivity contribution in [1.82, 2.24) is 0 Å². The molecule has 0 spiro atoms. The summed E-state index contributed by atoms with van der Waals surface area (Å²) in [6.07, 6.45) is 9.45. The zero-order valence-electron chi connectivity index (χ0n) is 12.5. The molecule has 0 saturated heterocycles. The predicted octanol–water partition coefficient (Wildman–Crippen LogP) is 4.72. The first-order chi connectivity index (χ1) is 10.7. The summed E-state index contributed by atoms with van der Waals surface area (Å²) in [5.41, 5.74) is 8.06. The van der Waals surface area contributed by atoms with Gasteiger partial charge in [-0.15, -0.1) is 0 Å². The molecule has 0 bridgehead atoms. The first-order valence-corrected chi connectivity index (χ1v) is 7.51. The van der Waals surface area contributed by atoms with Gasteiger partial charge < -0.3 is 0 Å². The molecule has 1 heteroatoms. The first-order valence-electron chi connectivity index (χ1n) is 7.51. The highest BCUT2D eigenvalue weighted by atomic mass is 16.1. The minimum absolute atomic E-state index is 0.106. The van der Waals surface area contributed by atoms with Crippen molar-refractivity contribution in [3.05, 3.63) is 100 Å². The lowest BCUT2D eigenvalue weighted by Gasteiger charge is -2.11. The van der Waals surface area contributed by atoms with Crippen molar-refractivity contribution in [3.63, 3.8) is 0 Å². The molecule has 3 aliphatic rings. The van der Waals surface area contributed by atoms with Gasteiger partial charge in [0.15, 0.2) is 5.78 Å².